The Morgan fingerprint density at radius 3 is 2.50 bits per heavy atom. The molecule has 3 nitrogen and oxygen atoms in total. The van der Waals surface area contributed by atoms with Crippen LogP contribution >= 0.6 is 11.6 Å². The predicted molar refractivity (Wildman–Crippen MR) is 80.8 cm³/mol. The quantitative estimate of drug-likeness (QED) is 0.778. The second-order valence-corrected chi connectivity index (χ2v) is 5.11. The second kappa shape index (κ2) is 6.80. The molecule has 1 aromatic carbocycles. The molecule has 0 aliphatic heterocycles. The van der Waals surface area contributed by atoms with Gasteiger partial charge in [-0.2, -0.15) is 0 Å². The Hall–Kier alpha value is -1.48. The van der Waals surface area contributed by atoms with Gasteiger partial charge < -0.3 is 9.47 Å². The SMILES string of the molecule is COc1cc(CCCl)c(C2=CCCCC2=O)cc1OC. The smallest absolute Gasteiger partial charge is 0.163 e. The predicted octanol–water partition coefficient (Wildman–Crippen LogP) is 3.62. The first-order valence-electron chi connectivity index (χ1n) is 6.75. The molecule has 0 heterocycles. The number of ketones is 1. The van der Waals surface area contributed by atoms with Gasteiger partial charge in [0, 0.05) is 17.9 Å². The van der Waals surface area contributed by atoms with Gasteiger partial charge in [0.2, 0.25) is 0 Å². The van der Waals surface area contributed by atoms with Gasteiger partial charge in [0.05, 0.1) is 14.2 Å². The number of carbonyl (C=O) groups is 1. The Morgan fingerprint density at radius 1 is 1.20 bits per heavy atom. The minimum atomic E-state index is 0.194. The van der Waals surface area contributed by atoms with Crippen LogP contribution in [0.2, 0.25) is 0 Å². The molecule has 0 amide bonds. The summed E-state index contributed by atoms with van der Waals surface area (Å²) in [5.74, 6) is 2.00. The third-order valence-electron chi connectivity index (χ3n) is 3.52. The highest BCUT2D eigenvalue weighted by Crippen LogP contribution is 2.36. The van der Waals surface area contributed by atoms with E-state index in [1.165, 1.54) is 0 Å². The lowest BCUT2D eigenvalue weighted by Gasteiger charge is -2.18. The number of allylic oxidation sites excluding steroid dienone is 2. The maximum absolute atomic E-state index is 12.1. The van der Waals surface area contributed by atoms with E-state index < -0.39 is 0 Å². The molecule has 0 fully saturated rings. The van der Waals surface area contributed by atoms with Crippen LogP contribution in [-0.2, 0) is 11.2 Å². The Bertz CT molecular complexity index is 535. The summed E-state index contributed by atoms with van der Waals surface area (Å²) < 4.78 is 10.7. The average Bonchev–Trinajstić information content (AvgIpc) is 2.48. The first kappa shape index (κ1) is 14.9. The van der Waals surface area contributed by atoms with E-state index in [0.717, 1.165) is 29.5 Å². The van der Waals surface area contributed by atoms with Crippen molar-refractivity contribution in [1.29, 1.82) is 0 Å². The van der Waals surface area contributed by atoms with Gasteiger partial charge in [0.1, 0.15) is 0 Å². The number of ether oxygens (including phenoxy) is 2. The largest absolute Gasteiger partial charge is 0.493 e. The molecule has 0 spiro atoms. The Balaban J connectivity index is 2.54. The molecule has 4 heteroatoms. The third kappa shape index (κ3) is 2.98. The summed E-state index contributed by atoms with van der Waals surface area (Å²) in [4.78, 5) is 12.1. The monoisotopic (exact) mass is 294 g/mol. The number of alkyl halides is 1. The standard InChI is InChI=1S/C16H19ClO3/c1-19-15-9-11(7-8-17)13(10-16(15)20-2)12-5-3-4-6-14(12)18/h5,9-10H,3-4,6-8H2,1-2H3. The van der Waals surface area contributed by atoms with E-state index in [0.29, 0.717) is 30.2 Å². The lowest BCUT2D eigenvalue weighted by Crippen LogP contribution is -2.09. The fourth-order valence-electron chi connectivity index (χ4n) is 2.50. The van der Waals surface area contributed by atoms with Crippen molar-refractivity contribution >= 4 is 23.0 Å². The van der Waals surface area contributed by atoms with Gasteiger partial charge in [-0.3, -0.25) is 4.79 Å². The maximum atomic E-state index is 12.1. The van der Waals surface area contributed by atoms with Gasteiger partial charge in [-0.1, -0.05) is 6.08 Å². The van der Waals surface area contributed by atoms with E-state index in [1.54, 1.807) is 14.2 Å². The van der Waals surface area contributed by atoms with E-state index in [4.69, 9.17) is 21.1 Å². The first-order chi connectivity index (χ1) is 9.71. The Labute approximate surface area is 124 Å². The molecule has 0 saturated carbocycles. The number of hydrogen-bond acceptors (Lipinski definition) is 3. The summed E-state index contributed by atoms with van der Waals surface area (Å²) in [6.45, 7) is 0. The topological polar surface area (TPSA) is 35.5 Å². The number of rotatable bonds is 5. The number of Topliss-reactive ketones (excluding diaryl/α,β-unsaturated/α-hetero) is 1. The van der Waals surface area contributed by atoms with Crippen LogP contribution in [0.5, 0.6) is 11.5 Å². The van der Waals surface area contributed by atoms with Crippen LogP contribution in [0.25, 0.3) is 5.57 Å². The van der Waals surface area contributed by atoms with Crippen LogP contribution in [0.4, 0.5) is 0 Å². The van der Waals surface area contributed by atoms with Gasteiger partial charge in [0.15, 0.2) is 17.3 Å². The van der Waals surface area contributed by atoms with Crippen molar-refractivity contribution < 1.29 is 14.3 Å². The van der Waals surface area contributed by atoms with Crippen LogP contribution in [-0.4, -0.2) is 25.9 Å². The molecule has 1 aromatic rings. The van der Waals surface area contributed by atoms with Crippen LogP contribution in [0.3, 0.4) is 0 Å². The van der Waals surface area contributed by atoms with Gasteiger partial charge in [0.25, 0.3) is 0 Å². The number of carbonyl (C=O) groups excluding carboxylic acids is 1. The van der Waals surface area contributed by atoms with Crippen LogP contribution in [0, 0.1) is 0 Å². The number of halogens is 1. The average molecular weight is 295 g/mol. The van der Waals surface area contributed by atoms with E-state index in [9.17, 15) is 4.79 Å². The first-order valence-corrected chi connectivity index (χ1v) is 7.29. The number of hydrogen-bond donors (Lipinski definition) is 0. The maximum Gasteiger partial charge on any atom is 0.163 e. The number of methoxy groups -OCH3 is 2. The molecular weight excluding hydrogens is 276 g/mol. The van der Waals surface area contributed by atoms with Crippen LogP contribution in [0.1, 0.15) is 30.4 Å². The van der Waals surface area contributed by atoms with Crippen LogP contribution < -0.4 is 9.47 Å². The van der Waals surface area contributed by atoms with Crippen molar-refractivity contribution in [2.75, 3.05) is 20.1 Å². The summed E-state index contributed by atoms with van der Waals surface area (Å²) in [6, 6.07) is 3.80. The van der Waals surface area contributed by atoms with Crippen molar-refractivity contribution in [3.63, 3.8) is 0 Å². The lowest BCUT2D eigenvalue weighted by molar-refractivity contribution is -0.114. The van der Waals surface area contributed by atoms with Gasteiger partial charge in [-0.15, -0.1) is 11.6 Å². The van der Waals surface area contributed by atoms with E-state index in [2.05, 4.69) is 0 Å². The zero-order chi connectivity index (χ0) is 14.5. The molecule has 2 rings (SSSR count). The van der Waals surface area contributed by atoms with Crippen molar-refractivity contribution in [3.8, 4) is 11.5 Å². The fraction of sp³-hybridized carbons (Fsp3) is 0.438. The van der Waals surface area contributed by atoms with Crippen molar-refractivity contribution in [2.24, 2.45) is 0 Å². The molecule has 20 heavy (non-hydrogen) atoms. The Morgan fingerprint density at radius 2 is 1.90 bits per heavy atom. The van der Waals surface area contributed by atoms with Crippen LogP contribution in [0.15, 0.2) is 18.2 Å². The fourth-order valence-corrected chi connectivity index (χ4v) is 2.70. The van der Waals surface area contributed by atoms with E-state index in [-0.39, 0.29) is 5.78 Å². The molecular formula is C16H19ClO3. The van der Waals surface area contributed by atoms with E-state index in [1.807, 2.05) is 18.2 Å². The highest BCUT2D eigenvalue weighted by molar-refractivity contribution is 6.22. The summed E-state index contributed by atoms with van der Waals surface area (Å²) in [5, 5.41) is 0. The molecule has 0 bridgehead atoms. The molecule has 0 radical (unpaired) electrons. The van der Waals surface area contributed by atoms with E-state index >= 15 is 0 Å². The molecule has 0 aromatic heterocycles. The Kier molecular flexibility index (Phi) is 5.07. The zero-order valence-electron chi connectivity index (χ0n) is 11.9. The molecule has 0 saturated heterocycles. The minimum Gasteiger partial charge on any atom is -0.493 e. The van der Waals surface area contributed by atoms with Crippen molar-refractivity contribution in [2.45, 2.75) is 25.7 Å². The summed E-state index contributed by atoms with van der Waals surface area (Å²) >= 11 is 5.88. The normalized spacial score (nSPS) is 14.9. The molecule has 0 atom stereocenters. The third-order valence-corrected chi connectivity index (χ3v) is 3.71. The summed E-state index contributed by atoms with van der Waals surface area (Å²) in [6.07, 6.45) is 5.20. The lowest BCUT2D eigenvalue weighted by atomic mass is 9.88. The van der Waals surface area contributed by atoms with Gasteiger partial charge in [-0.25, -0.2) is 0 Å². The van der Waals surface area contributed by atoms with Gasteiger partial charge >= 0.3 is 0 Å². The highest BCUT2D eigenvalue weighted by atomic mass is 35.5. The molecule has 108 valence electrons. The summed E-state index contributed by atoms with van der Waals surface area (Å²) in [7, 11) is 3.20. The van der Waals surface area contributed by atoms with Crippen molar-refractivity contribution in [3.05, 3.63) is 29.3 Å². The zero-order valence-corrected chi connectivity index (χ0v) is 12.6. The van der Waals surface area contributed by atoms with Crippen molar-refractivity contribution in [1.82, 2.24) is 0 Å². The second-order valence-electron chi connectivity index (χ2n) is 4.74. The highest BCUT2D eigenvalue weighted by Gasteiger charge is 2.20. The molecule has 0 N–H and O–H groups in total. The summed E-state index contributed by atoms with van der Waals surface area (Å²) in [5.41, 5.74) is 2.74. The van der Waals surface area contributed by atoms with Gasteiger partial charge in [-0.05, 0) is 42.5 Å². The molecule has 1 aliphatic rings. The number of benzene rings is 1. The number of aryl methyl sites for hydroxylation is 1. The molecule has 0 unspecified atom stereocenters. The molecule has 1 aliphatic carbocycles. The minimum absolute atomic E-state index is 0.194.